The molecule has 3 N–H and O–H groups in total. The molecule has 2 aromatic heterocycles. The molecule has 0 aliphatic rings. The average Bonchev–Trinajstić information content (AvgIpc) is 2.93. The van der Waals surface area contributed by atoms with E-state index in [1.54, 1.807) is 69.0 Å². The summed E-state index contributed by atoms with van der Waals surface area (Å²) in [6.07, 6.45) is 5.14. The van der Waals surface area contributed by atoms with Gasteiger partial charge in [0.05, 0.1) is 23.8 Å². The van der Waals surface area contributed by atoms with Gasteiger partial charge < -0.3 is 20.6 Å². The molecule has 4 aromatic rings. The van der Waals surface area contributed by atoms with Crippen LogP contribution in [0.25, 0.3) is 11.1 Å². The van der Waals surface area contributed by atoms with E-state index < -0.39 is 10.8 Å². The number of carboxylic acid groups (broad SMARTS) is 1. The molecule has 0 radical (unpaired) electrons. The van der Waals surface area contributed by atoms with E-state index in [-0.39, 0.29) is 18.2 Å². The fourth-order valence-electron chi connectivity index (χ4n) is 3.76. The predicted octanol–water partition coefficient (Wildman–Crippen LogP) is 5.23. The smallest absolute Gasteiger partial charge is 0.317 e. The van der Waals surface area contributed by atoms with Crippen LogP contribution in [0, 0.1) is 0 Å². The average molecular weight is 588 g/mol. The third-order valence-electron chi connectivity index (χ3n) is 5.78. The number of halogens is 1. The second kappa shape index (κ2) is 12.3. The number of hydrogen-bond donors (Lipinski definition) is 3. The zero-order chi connectivity index (χ0) is 27.9. The molecule has 1 atom stereocenters. The van der Waals surface area contributed by atoms with Crippen molar-refractivity contribution in [3.05, 3.63) is 102 Å². The second-order valence-corrected chi connectivity index (χ2v) is 10.1. The Labute approximate surface area is 234 Å². The van der Waals surface area contributed by atoms with Crippen molar-refractivity contribution in [1.29, 1.82) is 0 Å². The first-order valence-electron chi connectivity index (χ1n) is 12.0. The van der Waals surface area contributed by atoms with Crippen LogP contribution < -0.4 is 10.6 Å². The van der Waals surface area contributed by atoms with Gasteiger partial charge in [0.15, 0.2) is 0 Å². The van der Waals surface area contributed by atoms with Gasteiger partial charge in [-0.15, -0.1) is 0 Å². The first-order valence-corrected chi connectivity index (χ1v) is 12.9. The van der Waals surface area contributed by atoms with E-state index in [4.69, 9.17) is 5.11 Å². The molecular formula is C29H26BrN5O4. The Balaban J connectivity index is 1.40. The standard InChI is InChI=1S/C29H26BrN5O4/c1-35(2)28(37)20-8-6-19(7-9-20)22-10-11-26(32-15-22)33-23-14-24(17-31-16-23)34-27(36)21-5-3-4-18(12-21)13-25(30)29(38)39/h3-12,14-17,25H,13H2,1-2H3,(H,32,33)(H,34,36)(H,38,39). The van der Waals surface area contributed by atoms with Gasteiger partial charge in [0, 0.05) is 37.0 Å². The SMILES string of the molecule is CN(C)C(=O)c1ccc(-c2ccc(Nc3cncc(NC(=O)c4cccc(CC(Br)C(=O)O)c4)c3)nc2)cc1. The van der Waals surface area contributed by atoms with Gasteiger partial charge in [0.1, 0.15) is 10.6 Å². The topological polar surface area (TPSA) is 125 Å². The van der Waals surface area contributed by atoms with Gasteiger partial charge in [-0.05, 0) is 60.0 Å². The Hall–Kier alpha value is -4.57. The van der Waals surface area contributed by atoms with E-state index in [0.717, 1.165) is 16.7 Å². The number of alkyl halides is 1. The van der Waals surface area contributed by atoms with E-state index in [2.05, 4.69) is 36.5 Å². The van der Waals surface area contributed by atoms with Gasteiger partial charge in [-0.1, -0.05) is 40.2 Å². The fraction of sp³-hybridized carbons (Fsp3) is 0.138. The molecule has 0 aliphatic heterocycles. The maximum atomic E-state index is 12.8. The normalized spacial score (nSPS) is 11.4. The van der Waals surface area contributed by atoms with Crippen LogP contribution >= 0.6 is 15.9 Å². The van der Waals surface area contributed by atoms with Crippen LogP contribution in [0.5, 0.6) is 0 Å². The number of carbonyl (C=O) groups is 3. The highest BCUT2D eigenvalue weighted by atomic mass is 79.9. The molecule has 0 aliphatic carbocycles. The third kappa shape index (κ3) is 7.26. The maximum Gasteiger partial charge on any atom is 0.317 e. The molecule has 198 valence electrons. The summed E-state index contributed by atoms with van der Waals surface area (Å²) in [5, 5.41) is 15.1. The van der Waals surface area contributed by atoms with E-state index in [0.29, 0.717) is 28.3 Å². The number of hydrogen-bond acceptors (Lipinski definition) is 6. The minimum atomic E-state index is -0.962. The number of nitrogens with one attached hydrogen (secondary N) is 2. The number of benzene rings is 2. The van der Waals surface area contributed by atoms with E-state index in [9.17, 15) is 14.4 Å². The highest BCUT2D eigenvalue weighted by Crippen LogP contribution is 2.23. The van der Waals surface area contributed by atoms with Crippen LogP contribution in [0.3, 0.4) is 0 Å². The van der Waals surface area contributed by atoms with Crippen LogP contribution in [0.2, 0.25) is 0 Å². The van der Waals surface area contributed by atoms with Crippen molar-refractivity contribution >= 4 is 50.9 Å². The molecule has 2 heterocycles. The van der Waals surface area contributed by atoms with Gasteiger partial charge >= 0.3 is 5.97 Å². The molecule has 9 nitrogen and oxygen atoms in total. The van der Waals surface area contributed by atoms with Gasteiger partial charge in [-0.25, -0.2) is 4.98 Å². The summed E-state index contributed by atoms with van der Waals surface area (Å²) in [5.41, 5.74) is 4.73. The molecule has 4 rings (SSSR count). The number of anilines is 3. The minimum absolute atomic E-state index is 0.0525. The van der Waals surface area contributed by atoms with Crippen LogP contribution in [0.15, 0.2) is 85.3 Å². The third-order valence-corrected chi connectivity index (χ3v) is 6.49. The lowest BCUT2D eigenvalue weighted by molar-refractivity contribution is -0.136. The molecule has 0 fully saturated rings. The van der Waals surface area contributed by atoms with Gasteiger partial charge in [-0.2, -0.15) is 0 Å². The number of rotatable bonds is 9. The number of nitrogens with zero attached hydrogens (tertiary/aromatic N) is 3. The molecule has 0 bridgehead atoms. The lowest BCUT2D eigenvalue weighted by Gasteiger charge is -2.11. The number of aliphatic carboxylic acids is 1. The lowest BCUT2D eigenvalue weighted by Crippen LogP contribution is -2.21. The summed E-state index contributed by atoms with van der Waals surface area (Å²) in [7, 11) is 3.43. The largest absolute Gasteiger partial charge is 0.480 e. The molecule has 1 unspecified atom stereocenters. The summed E-state index contributed by atoms with van der Waals surface area (Å²) in [5.74, 6) is -0.753. The highest BCUT2D eigenvalue weighted by molar-refractivity contribution is 9.10. The number of carboxylic acids is 1. The second-order valence-electron chi connectivity index (χ2n) is 8.96. The van der Waals surface area contributed by atoms with E-state index in [1.807, 2.05) is 24.3 Å². The maximum absolute atomic E-state index is 12.8. The van der Waals surface area contributed by atoms with Gasteiger partial charge in [-0.3, -0.25) is 19.4 Å². The Kier molecular flexibility index (Phi) is 8.67. The van der Waals surface area contributed by atoms with Crippen LogP contribution in [0.1, 0.15) is 26.3 Å². The Morgan fingerprint density at radius 3 is 2.28 bits per heavy atom. The first-order chi connectivity index (χ1) is 18.7. The van der Waals surface area contributed by atoms with Crippen LogP contribution in [-0.2, 0) is 11.2 Å². The molecule has 2 amide bonds. The number of amides is 2. The molecule has 39 heavy (non-hydrogen) atoms. The minimum Gasteiger partial charge on any atom is -0.480 e. The van der Waals surface area contributed by atoms with Crippen molar-refractivity contribution < 1.29 is 19.5 Å². The van der Waals surface area contributed by atoms with E-state index in [1.165, 1.54) is 11.1 Å². The summed E-state index contributed by atoms with van der Waals surface area (Å²) in [6, 6.07) is 19.7. The number of pyridine rings is 2. The zero-order valence-corrected chi connectivity index (χ0v) is 22.8. The molecule has 0 spiro atoms. The molecule has 0 saturated carbocycles. The zero-order valence-electron chi connectivity index (χ0n) is 21.3. The van der Waals surface area contributed by atoms with Gasteiger partial charge in [0.2, 0.25) is 0 Å². The number of carbonyl (C=O) groups excluding carboxylic acids is 2. The molecule has 0 saturated heterocycles. The van der Waals surface area contributed by atoms with Crippen molar-refractivity contribution in [2.24, 2.45) is 0 Å². The predicted molar refractivity (Wildman–Crippen MR) is 154 cm³/mol. The Morgan fingerprint density at radius 2 is 1.62 bits per heavy atom. The first kappa shape index (κ1) is 27.5. The van der Waals surface area contributed by atoms with Crippen molar-refractivity contribution in [2.45, 2.75) is 11.2 Å². The summed E-state index contributed by atoms with van der Waals surface area (Å²) in [4.78, 5) is 45.5. The van der Waals surface area contributed by atoms with Crippen molar-refractivity contribution in [2.75, 3.05) is 24.7 Å². The van der Waals surface area contributed by atoms with Gasteiger partial charge in [0.25, 0.3) is 11.8 Å². The van der Waals surface area contributed by atoms with Crippen LogP contribution in [-0.4, -0.2) is 56.7 Å². The fourth-order valence-corrected chi connectivity index (χ4v) is 4.14. The lowest BCUT2D eigenvalue weighted by atomic mass is 10.1. The van der Waals surface area contributed by atoms with Crippen LogP contribution in [0.4, 0.5) is 17.2 Å². The number of aromatic nitrogens is 2. The summed E-state index contributed by atoms with van der Waals surface area (Å²) in [6.45, 7) is 0. The molecule has 10 heteroatoms. The highest BCUT2D eigenvalue weighted by Gasteiger charge is 2.15. The molecule has 2 aromatic carbocycles. The van der Waals surface area contributed by atoms with E-state index >= 15 is 0 Å². The summed E-state index contributed by atoms with van der Waals surface area (Å²) >= 11 is 3.12. The Bertz CT molecular complexity index is 1490. The van der Waals surface area contributed by atoms with Crippen molar-refractivity contribution in [1.82, 2.24) is 14.9 Å². The monoisotopic (exact) mass is 587 g/mol. The van der Waals surface area contributed by atoms with Crippen molar-refractivity contribution in [3.63, 3.8) is 0 Å². The Morgan fingerprint density at radius 1 is 0.897 bits per heavy atom. The quantitative estimate of drug-likeness (QED) is 0.229. The van der Waals surface area contributed by atoms with Crippen molar-refractivity contribution in [3.8, 4) is 11.1 Å². The summed E-state index contributed by atoms with van der Waals surface area (Å²) < 4.78 is 0. The molecular weight excluding hydrogens is 562 g/mol.